The Kier molecular flexibility index (Phi) is 1.93. The van der Waals surface area contributed by atoms with E-state index in [9.17, 15) is 9.59 Å². The molecular weight excluding hydrogens is 178 g/mol. The average Bonchev–Trinajstić information content (AvgIpc) is 2.17. The molecule has 0 aliphatic heterocycles. The van der Waals surface area contributed by atoms with E-state index in [1.54, 1.807) is 18.3 Å². The van der Waals surface area contributed by atoms with Crippen molar-refractivity contribution in [3.8, 4) is 0 Å². The summed E-state index contributed by atoms with van der Waals surface area (Å²) in [5.74, 6) is 0. The van der Waals surface area contributed by atoms with Gasteiger partial charge in [0.2, 0.25) is 0 Å². The Morgan fingerprint density at radius 3 is 2.86 bits per heavy atom. The summed E-state index contributed by atoms with van der Waals surface area (Å²) in [7, 11) is 0. The first-order valence-electron chi connectivity index (χ1n) is 4.29. The second kappa shape index (κ2) is 3.10. The van der Waals surface area contributed by atoms with Crippen LogP contribution in [-0.2, 0) is 0 Å². The van der Waals surface area contributed by atoms with Crippen LogP contribution in [0.15, 0.2) is 29.2 Å². The lowest BCUT2D eigenvalue weighted by atomic mass is 10.1. The van der Waals surface area contributed by atoms with Gasteiger partial charge in [-0.25, -0.2) is 0 Å². The average molecular weight is 187 g/mol. The van der Waals surface area contributed by atoms with Crippen LogP contribution >= 0.6 is 0 Å². The van der Waals surface area contributed by atoms with E-state index in [1.165, 1.54) is 6.07 Å². The number of carbonyl (C=O) groups excluding carboxylic acids is 1. The standard InChI is InChI=1S/C11H9NO2/c1-7-4-10-9(5-8(7)6-13)11(14)2-3-12-10/h2-6H,1H3,(H,12,14). The molecule has 0 bridgehead atoms. The van der Waals surface area contributed by atoms with Crippen molar-refractivity contribution in [3.05, 3.63) is 45.7 Å². The summed E-state index contributed by atoms with van der Waals surface area (Å²) in [5.41, 5.74) is 2.13. The van der Waals surface area contributed by atoms with Gasteiger partial charge >= 0.3 is 0 Å². The van der Waals surface area contributed by atoms with Crippen molar-refractivity contribution in [2.24, 2.45) is 0 Å². The number of pyridine rings is 1. The monoisotopic (exact) mass is 187 g/mol. The van der Waals surface area contributed by atoms with Gasteiger partial charge in [0.05, 0.1) is 0 Å². The largest absolute Gasteiger partial charge is 0.361 e. The third-order valence-corrected chi connectivity index (χ3v) is 2.27. The van der Waals surface area contributed by atoms with Crippen LogP contribution in [0.5, 0.6) is 0 Å². The molecule has 1 heterocycles. The highest BCUT2D eigenvalue weighted by Crippen LogP contribution is 2.13. The molecule has 0 amide bonds. The molecule has 1 N–H and O–H groups in total. The fourth-order valence-corrected chi connectivity index (χ4v) is 1.47. The Hall–Kier alpha value is -1.90. The summed E-state index contributed by atoms with van der Waals surface area (Å²) in [5, 5.41) is 0.556. The molecule has 0 aliphatic carbocycles. The number of aldehydes is 1. The van der Waals surface area contributed by atoms with Crippen LogP contribution in [0.3, 0.4) is 0 Å². The molecule has 0 saturated carbocycles. The molecule has 3 heteroatoms. The summed E-state index contributed by atoms with van der Waals surface area (Å²) >= 11 is 0. The van der Waals surface area contributed by atoms with Gasteiger partial charge in [0, 0.05) is 28.7 Å². The zero-order chi connectivity index (χ0) is 10.1. The van der Waals surface area contributed by atoms with Gasteiger partial charge in [-0.15, -0.1) is 0 Å². The predicted molar refractivity (Wildman–Crippen MR) is 54.7 cm³/mol. The van der Waals surface area contributed by atoms with Crippen LogP contribution in [0.1, 0.15) is 15.9 Å². The number of aromatic nitrogens is 1. The molecule has 70 valence electrons. The van der Waals surface area contributed by atoms with Gasteiger partial charge < -0.3 is 4.98 Å². The van der Waals surface area contributed by atoms with E-state index >= 15 is 0 Å². The smallest absolute Gasteiger partial charge is 0.189 e. The number of aryl methyl sites for hydroxylation is 1. The molecule has 0 spiro atoms. The van der Waals surface area contributed by atoms with Crippen LogP contribution in [0, 0.1) is 6.92 Å². The molecule has 2 aromatic rings. The number of hydrogen-bond donors (Lipinski definition) is 1. The van der Waals surface area contributed by atoms with E-state index in [0.29, 0.717) is 10.9 Å². The first-order chi connectivity index (χ1) is 6.72. The maximum Gasteiger partial charge on any atom is 0.189 e. The molecular formula is C11H9NO2. The maximum absolute atomic E-state index is 11.4. The molecule has 0 atom stereocenters. The van der Waals surface area contributed by atoms with Crippen LogP contribution < -0.4 is 5.43 Å². The Balaban J connectivity index is 2.94. The number of aromatic amines is 1. The molecule has 0 fully saturated rings. The molecule has 1 aromatic heterocycles. The van der Waals surface area contributed by atoms with Gasteiger partial charge in [-0.1, -0.05) is 0 Å². The van der Waals surface area contributed by atoms with Crippen LogP contribution in [0.2, 0.25) is 0 Å². The molecule has 1 aromatic carbocycles. The maximum atomic E-state index is 11.4. The number of benzene rings is 1. The first kappa shape index (κ1) is 8.69. The van der Waals surface area contributed by atoms with E-state index < -0.39 is 0 Å². The molecule has 0 aliphatic rings. The second-order valence-electron chi connectivity index (χ2n) is 3.21. The quantitative estimate of drug-likeness (QED) is 0.690. The lowest BCUT2D eigenvalue weighted by molar-refractivity contribution is 0.112. The van der Waals surface area contributed by atoms with Gasteiger partial charge in [0.25, 0.3) is 0 Å². The van der Waals surface area contributed by atoms with E-state index in [4.69, 9.17) is 0 Å². The SMILES string of the molecule is Cc1cc2[nH]ccc(=O)c2cc1C=O. The highest BCUT2D eigenvalue weighted by molar-refractivity contribution is 5.88. The normalized spacial score (nSPS) is 10.4. The Bertz CT molecular complexity index is 555. The molecule has 3 nitrogen and oxygen atoms in total. The summed E-state index contributed by atoms with van der Waals surface area (Å²) < 4.78 is 0. The Labute approximate surface area is 80.4 Å². The minimum atomic E-state index is -0.0677. The van der Waals surface area contributed by atoms with E-state index in [-0.39, 0.29) is 5.43 Å². The van der Waals surface area contributed by atoms with Gasteiger partial charge in [-0.3, -0.25) is 9.59 Å². The summed E-state index contributed by atoms with van der Waals surface area (Å²) in [6.07, 6.45) is 2.37. The minimum Gasteiger partial charge on any atom is -0.361 e. The van der Waals surface area contributed by atoms with Crippen molar-refractivity contribution >= 4 is 17.2 Å². The van der Waals surface area contributed by atoms with E-state index in [2.05, 4.69) is 4.98 Å². The van der Waals surface area contributed by atoms with E-state index in [0.717, 1.165) is 17.4 Å². The van der Waals surface area contributed by atoms with Crippen LogP contribution in [0.4, 0.5) is 0 Å². The molecule has 0 saturated heterocycles. The molecule has 0 radical (unpaired) electrons. The topological polar surface area (TPSA) is 49.9 Å². The Morgan fingerprint density at radius 1 is 1.36 bits per heavy atom. The summed E-state index contributed by atoms with van der Waals surface area (Å²) in [6.45, 7) is 1.84. The zero-order valence-electron chi connectivity index (χ0n) is 7.70. The van der Waals surface area contributed by atoms with Crippen molar-refractivity contribution < 1.29 is 4.79 Å². The molecule has 0 unspecified atom stereocenters. The molecule has 2 rings (SSSR count). The predicted octanol–water partition coefficient (Wildman–Crippen LogP) is 1.65. The van der Waals surface area contributed by atoms with Crippen molar-refractivity contribution in [1.29, 1.82) is 0 Å². The van der Waals surface area contributed by atoms with Gasteiger partial charge in [-0.05, 0) is 24.6 Å². The first-order valence-corrected chi connectivity index (χ1v) is 4.29. The lowest BCUT2D eigenvalue weighted by Crippen LogP contribution is -2.01. The van der Waals surface area contributed by atoms with Gasteiger partial charge in [0.15, 0.2) is 5.43 Å². The molecule has 14 heavy (non-hydrogen) atoms. The van der Waals surface area contributed by atoms with Crippen molar-refractivity contribution in [3.63, 3.8) is 0 Å². The van der Waals surface area contributed by atoms with Crippen LogP contribution in [-0.4, -0.2) is 11.3 Å². The van der Waals surface area contributed by atoms with Gasteiger partial charge in [-0.2, -0.15) is 0 Å². The van der Waals surface area contributed by atoms with Gasteiger partial charge in [0.1, 0.15) is 6.29 Å². The fraction of sp³-hybridized carbons (Fsp3) is 0.0909. The number of rotatable bonds is 1. The summed E-state index contributed by atoms with van der Waals surface area (Å²) in [4.78, 5) is 25.1. The van der Waals surface area contributed by atoms with E-state index in [1.807, 2.05) is 6.92 Å². The van der Waals surface area contributed by atoms with Crippen molar-refractivity contribution in [2.45, 2.75) is 6.92 Å². The highest BCUT2D eigenvalue weighted by atomic mass is 16.1. The second-order valence-corrected chi connectivity index (χ2v) is 3.21. The van der Waals surface area contributed by atoms with Crippen LogP contribution in [0.25, 0.3) is 10.9 Å². The third-order valence-electron chi connectivity index (χ3n) is 2.27. The number of carbonyl (C=O) groups is 1. The zero-order valence-corrected chi connectivity index (χ0v) is 7.70. The highest BCUT2D eigenvalue weighted by Gasteiger charge is 2.02. The number of H-pyrrole nitrogens is 1. The number of nitrogens with one attached hydrogen (secondary N) is 1. The minimum absolute atomic E-state index is 0.0677. The lowest BCUT2D eigenvalue weighted by Gasteiger charge is -2.01. The third kappa shape index (κ3) is 1.23. The summed E-state index contributed by atoms with van der Waals surface area (Å²) in [6, 6.07) is 4.88. The fourth-order valence-electron chi connectivity index (χ4n) is 1.47. The Morgan fingerprint density at radius 2 is 2.14 bits per heavy atom. The van der Waals surface area contributed by atoms with Crippen molar-refractivity contribution in [2.75, 3.05) is 0 Å². The number of hydrogen-bond acceptors (Lipinski definition) is 2. The number of fused-ring (bicyclic) bond motifs is 1. The van der Waals surface area contributed by atoms with Crippen molar-refractivity contribution in [1.82, 2.24) is 4.98 Å².